The summed E-state index contributed by atoms with van der Waals surface area (Å²) in [6, 6.07) is 15.3. The number of piperazine rings is 1. The largest absolute Gasteiger partial charge is 0.548 e. The first kappa shape index (κ1) is 16.6. The van der Waals surface area contributed by atoms with Gasteiger partial charge in [-0.15, -0.1) is 0 Å². The van der Waals surface area contributed by atoms with E-state index in [-0.39, 0.29) is 12.5 Å². The van der Waals surface area contributed by atoms with Crippen LogP contribution in [0.1, 0.15) is 17.0 Å². The highest BCUT2D eigenvalue weighted by Gasteiger charge is 2.33. The Hall–Kier alpha value is -2.86. The topological polar surface area (TPSA) is 86.3 Å². The molecule has 26 heavy (non-hydrogen) atoms. The van der Waals surface area contributed by atoms with Gasteiger partial charge in [-0.25, -0.2) is 4.79 Å². The van der Waals surface area contributed by atoms with Gasteiger partial charge in [0.15, 0.2) is 0 Å². The van der Waals surface area contributed by atoms with Crippen molar-refractivity contribution in [3.63, 3.8) is 0 Å². The summed E-state index contributed by atoms with van der Waals surface area (Å²) in [6.07, 6.45) is -0.589. The maximum atomic E-state index is 12.5. The van der Waals surface area contributed by atoms with Crippen LogP contribution in [-0.4, -0.2) is 49.2 Å². The lowest BCUT2D eigenvalue weighted by molar-refractivity contribution is -0.666. The molecule has 1 aliphatic carbocycles. The molecule has 4 rings (SSSR count). The molecule has 6 nitrogen and oxygen atoms in total. The third-order valence-electron chi connectivity index (χ3n) is 5.18. The van der Waals surface area contributed by atoms with E-state index in [1.54, 1.807) is 0 Å². The number of nitrogens with zero attached hydrogens (tertiary/aromatic N) is 1. The second kappa shape index (κ2) is 6.80. The van der Waals surface area contributed by atoms with Gasteiger partial charge < -0.3 is 20.0 Å². The SMILES string of the molecule is O=C([O-])[C@@H]1C[NH2+]CCN1C(=O)OCC1c2ccccc2-c2ccccc21. The molecule has 0 unspecified atom stereocenters. The Morgan fingerprint density at radius 1 is 1.08 bits per heavy atom. The fraction of sp³-hybridized carbons (Fsp3) is 0.300. The zero-order chi connectivity index (χ0) is 18.1. The second-order valence-electron chi connectivity index (χ2n) is 6.65. The number of quaternary nitrogens is 1. The van der Waals surface area contributed by atoms with Gasteiger partial charge in [-0.3, -0.25) is 4.90 Å². The lowest BCUT2D eigenvalue weighted by atomic mass is 9.98. The van der Waals surface area contributed by atoms with Crippen LogP contribution >= 0.6 is 0 Å². The zero-order valence-corrected chi connectivity index (χ0v) is 14.3. The number of hydrogen-bond acceptors (Lipinski definition) is 4. The molecule has 1 atom stereocenters. The standard InChI is InChI=1S/C20H20N2O4/c23-19(24)18-11-21-9-10-22(18)20(25)26-12-17-15-7-3-1-5-13(15)14-6-2-4-8-16(14)17/h1-8,17-18,21H,9-12H2,(H,23,24)/t18-/m0/s1. The van der Waals surface area contributed by atoms with Crippen molar-refractivity contribution < 1.29 is 24.7 Å². The van der Waals surface area contributed by atoms with E-state index in [2.05, 4.69) is 12.1 Å². The normalized spacial score (nSPS) is 18.9. The third-order valence-corrected chi connectivity index (χ3v) is 5.18. The smallest absolute Gasteiger partial charge is 0.410 e. The number of ether oxygens (including phenoxy) is 1. The van der Waals surface area contributed by atoms with Gasteiger partial charge in [0.25, 0.3) is 0 Å². The van der Waals surface area contributed by atoms with Crippen molar-refractivity contribution in [2.75, 3.05) is 26.2 Å². The Kier molecular flexibility index (Phi) is 4.34. The molecular weight excluding hydrogens is 332 g/mol. The van der Waals surface area contributed by atoms with Crippen LogP contribution in [0.2, 0.25) is 0 Å². The number of carbonyl (C=O) groups excluding carboxylic acids is 2. The fourth-order valence-electron chi connectivity index (χ4n) is 3.91. The number of aliphatic carboxylic acids is 1. The Bertz CT molecular complexity index is 806. The Labute approximate surface area is 151 Å². The molecule has 0 aromatic heterocycles. The molecule has 134 valence electrons. The van der Waals surface area contributed by atoms with Crippen LogP contribution in [0.15, 0.2) is 48.5 Å². The lowest BCUT2D eigenvalue weighted by Crippen LogP contribution is -2.93. The van der Waals surface area contributed by atoms with E-state index in [4.69, 9.17) is 4.74 Å². The highest BCUT2D eigenvalue weighted by molar-refractivity contribution is 5.80. The highest BCUT2D eigenvalue weighted by Crippen LogP contribution is 2.44. The van der Waals surface area contributed by atoms with Crippen molar-refractivity contribution in [2.24, 2.45) is 0 Å². The molecule has 1 fully saturated rings. The first-order valence-corrected chi connectivity index (χ1v) is 8.81. The molecule has 0 bridgehead atoms. The predicted molar refractivity (Wildman–Crippen MR) is 92.2 cm³/mol. The Balaban J connectivity index is 1.53. The Morgan fingerprint density at radius 2 is 1.69 bits per heavy atom. The number of rotatable bonds is 3. The molecule has 1 amide bonds. The molecule has 1 saturated heterocycles. The molecule has 0 saturated carbocycles. The van der Waals surface area contributed by atoms with E-state index in [9.17, 15) is 14.7 Å². The van der Waals surface area contributed by atoms with Gasteiger partial charge in [0.2, 0.25) is 0 Å². The maximum absolute atomic E-state index is 12.5. The van der Waals surface area contributed by atoms with Gasteiger partial charge in [0.1, 0.15) is 19.2 Å². The minimum absolute atomic E-state index is 0.0379. The number of carbonyl (C=O) groups is 2. The zero-order valence-electron chi connectivity index (χ0n) is 14.3. The average Bonchev–Trinajstić information content (AvgIpc) is 3.00. The monoisotopic (exact) mass is 352 g/mol. The molecule has 2 aromatic rings. The summed E-state index contributed by atoms with van der Waals surface area (Å²) in [4.78, 5) is 25.0. The molecule has 0 spiro atoms. The minimum Gasteiger partial charge on any atom is -0.548 e. The Morgan fingerprint density at radius 3 is 2.31 bits per heavy atom. The van der Waals surface area contributed by atoms with Crippen LogP contribution in [-0.2, 0) is 9.53 Å². The van der Waals surface area contributed by atoms with Crippen LogP contribution in [0.25, 0.3) is 11.1 Å². The van der Waals surface area contributed by atoms with Crippen LogP contribution in [0, 0.1) is 0 Å². The van der Waals surface area contributed by atoms with E-state index in [1.165, 1.54) is 4.90 Å². The van der Waals surface area contributed by atoms with Gasteiger partial charge in [-0.1, -0.05) is 48.5 Å². The van der Waals surface area contributed by atoms with Gasteiger partial charge in [-0.05, 0) is 22.3 Å². The highest BCUT2D eigenvalue weighted by atomic mass is 16.6. The molecular formula is C20H20N2O4. The molecule has 0 radical (unpaired) electrons. The quantitative estimate of drug-likeness (QED) is 0.838. The summed E-state index contributed by atoms with van der Waals surface area (Å²) in [5, 5.41) is 13.1. The number of hydrogen-bond donors (Lipinski definition) is 1. The third kappa shape index (κ3) is 2.82. The van der Waals surface area contributed by atoms with E-state index in [0.717, 1.165) is 22.3 Å². The van der Waals surface area contributed by atoms with E-state index in [0.29, 0.717) is 19.6 Å². The summed E-state index contributed by atoms with van der Waals surface area (Å²) in [7, 11) is 0. The van der Waals surface area contributed by atoms with Gasteiger partial charge in [0.05, 0.1) is 19.1 Å². The number of fused-ring (bicyclic) bond motifs is 3. The van der Waals surface area contributed by atoms with Crippen LogP contribution < -0.4 is 10.4 Å². The van der Waals surface area contributed by atoms with Crippen molar-refractivity contribution in [3.8, 4) is 11.1 Å². The van der Waals surface area contributed by atoms with Crippen molar-refractivity contribution >= 4 is 12.1 Å². The van der Waals surface area contributed by atoms with E-state index >= 15 is 0 Å². The van der Waals surface area contributed by atoms with E-state index in [1.807, 2.05) is 41.7 Å². The van der Waals surface area contributed by atoms with Crippen molar-refractivity contribution in [3.05, 3.63) is 59.7 Å². The van der Waals surface area contributed by atoms with Crippen LogP contribution in [0.4, 0.5) is 4.79 Å². The molecule has 2 aromatic carbocycles. The molecule has 2 N–H and O–H groups in total. The minimum atomic E-state index is -1.24. The van der Waals surface area contributed by atoms with Crippen molar-refractivity contribution in [2.45, 2.75) is 12.0 Å². The number of nitrogens with two attached hydrogens (primary N) is 1. The number of carboxylic acid groups (broad SMARTS) is 1. The summed E-state index contributed by atoms with van der Waals surface area (Å²) >= 11 is 0. The summed E-state index contributed by atoms with van der Waals surface area (Å²) in [6.45, 7) is 1.49. The van der Waals surface area contributed by atoms with Crippen molar-refractivity contribution in [1.82, 2.24) is 4.90 Å². The first-order chi connectivity index (χ1) is 12.7. The lowest BCUT2D eigenvalue weighted by Gasteiger charge is -2.33. The first-order valence-electron chi connectivity index (χ1n) is 8.81. The number of carboxylic acids is 1. The number of benzene rings is 2. The molecule has 2 aliphatic rings. The van der Waals surface area contributed by atoms with Crippen LogP contribution in [0.5, 0.6) is 0 Å². The molecule has 1 heterocycles. The second-order valence-corrected chi connectivity index (χ2v) is 6.65. The molecule has 6 heteroatoms. The van der Waals surface area contributed by atoms with E-state index < -0.39 is 18.1 Å². The summed E-state index contributed by atoms with van der Waals surface area (Å²) < 4.78 is 5.54. The average molecular weight is 352 g/mol. The summed E-state index contributed by atoms with van der Waals surface area (Å²) in [5.41, 5.74) is 4.57. The van der Waals surface area contributed by atoms with Crippen LogP contribution in [0.3, 0.4) is 0 Å². The van der Waals surface area contributed by atoms with Gasteiger partial charge in [-0.2, -0.15) is 0 Å². The predicted octanol–water partition coefficient (Wildman–Crippen LogP) is -0.0670. The van der Waals surface area contributed by atoms with Gasteiger partial charge in [0, 0.05) is 5.92 Å². The van der Waals surface area contributed by atoms with Crippen molar-refractivity contribution in [1.29, 1.82) is 0 Å². The molecule has 1 aliphatic heterocycles. The number of amides is 1. The maximum Gasteiger partial charge on any atom is 0.410 e. The van der Waals surface area contributed by atoms with Gasteiger partial charge >= 0.3 is 6.09 Å². The summed E-state index contributed by atoms with van der Waals surface area (Å²) in [5.74, 6) is -1.28. The fourth-order valence-corrected chi connectivity index (χ4v) is 3.91.